The molecule has 2 aromatic rings. The maximum Gasteiger partial charge on any atom is 0.238 e. The first-order valence-electron chi connectivity index (χ1n) is 11.3. The highest BCUT2D eigenvalue weighted by molar-refractivity contribution is 7.98. The fraction of sp³-hybridized carbons (Fsp3) is 0.458. The highest BCUT2D eigenvalue weighted by Gasteiger charge is 2.30. The van der Waals surface area contributed by atoms with E-state index in [0.29, 0.717) is 12.6 Å². The molecule has 8 heteroatoms. The molecule has 4 rings (SSSR count). The topological polar surface area (TPSA) is 77.6 Å². The zero-order chi connectivity index (χ0) is 22.3. The van der Waals surface area contributed by atoms with Crippen LogP contribution in [0, 0.1) is 0 Å². The van der Waals surface area contributed by atoms with Crippen LogP contribution in [-0.2, 0) is 15.3 Å². The number of nitrogens with one attached hydrogen (secondary N) is 2. The van der Waals surface area contributed by atoms with Crippen molar-refractivity contribution in [2.24, 2.45) is 0 Å². The zero-order valence-electron chi connectivity index (χ0n) is 18.5. The molecule has 1 aliphatic carbocycles. The third-order valence-electron chi connectivity index (χ3n) is 5.86. The Hall–Kier alpha value is -2.42. The van der Waals surface area contributed by atoms with E-state index in [1.807, 2.05) is 43.3 Å². The van der Waals surface area contributed by atoms with Gasteiger partial charge in [-0.05, 0) is 49.6 Å². The summed E-state index contributed by atoms with van der Waals surface area (Å²) in [5, 5.41) is 7.09. The summed E-state index contributed by atoms with van der Waals surface area (Å²) in [5.41, 5.74) is 1.96. The summed E-state index contributed by atoms with van der Waals surface area (Å²) in [5.74, 6) is 0.919. The Bertz CT molecular complexity index is 914. The van der Waals surface area contributed by atoms with Crippen LogP contribution in [0.5, 0.6) is 0 Å². The third kappa shape index (κ3) is 6.79. The Balaban J connectivity index is 1.20. The SMILES string of the molecule is CC(C(=O)NC1CC1)N1CCN(CC(=O)Nc2cccc(CSc3ccccn3)c2)CC1. The van der Waals surface area contributed by atoms with Gasteiger partial charge in [-0.1, -0.05) is 18.2 Å². The summed E-state index contributed by atoms with van der Waals surface area (Å²) in [7, 11) is 0. The van der Waals surface area contributed by atoms with Gasteiger partial charge in [0.15, 0.2) is 0 Å². The van der Waals surface area contributed by atoms with Crippen molar-refractivity contribution in [2.75, 3.05) is 38.0 Å². The Morgan fingerprint density at radius 3 is 2.66 bits per heavy atom. The second-order valence-electron chi connectivity index (χ2n) is 8.48. The second-order valence-corrected chi connectivity index (χ2v) is 9.47. The molecule has 7 nitrogen and oxygen atoms in total. The fourth-order valence-corrected chi connectivity index (χ4v) is 4.56. The highest BCUT2D eigenvalue weighted by atomic mass is 32.2. The lowest BCUT2D eigenvalue weighted by atomic mass is 10.2. The van der Waals surface area contributed by atoms with Gasteiger partial charge in [-0.2, -0.15) is 0 Å². The molecule has 2 fully saturated rings. The minimum Gasteiger partial charge on any atom is -0.352 e. The molecule has 1 aromatic carbocycles. The molecule has 1 aromatic heterocycles. The van der Waals surface area contributed by atoms with Crippen molar-refractivity contribution in [2.45, 2.75) is 42.6 Å². The molecule has 2 heterocycles. The van der Waals surface area contributed by atoms with Gasteiger partial charge >= 0.3 is 0 Å². The molecule has 0 spiro atoms. The summed E-state index contributed by atoms with van der Waals surface area (Å²) >= 11 is 1.68. The van der Waals surface area contributed by atoms with Gasteiger partial charge in [0.2, 0.25) is 11.8 Å². The molecule has 0 radical (unpaired) electrons. The largest absolute Gasteiger partial charge is 0.352 e. The molecular weight excluding hydrogens is 422 g/mol. The first-order valence-corrected chi connectivity index (χ1v) is 12.2. The van der Waals surface area contributed by atoms with E-state index in [9.17, 15) is 9.59 Å². The summed E-state index contributed by atoms with van der Waals surface area (Å²) in [4.78, 5) is 33.5. The van der Waals surface area contributed by atoms with Gasteiger partial charge < -0.3 is 10.6 Å². The van der Waals surface area contributed by atoms with Crippen molar-refractivity contribution < 1.29 is 9.59 Å². The highest BCUT2D eigenvalue weighted by Crippen LogP contribution is 2.22. The maximum atomic E-state index is 12.6. The molecule has 32 heavy (non-hydrogen) atoms. The number of carbonyl (C=O) groups is 2. The summed E-state index contributed by atoms with van der Waals surface area (Å²) in [6, 6.07) is 14.1. The van der Waals surface area contributed by atoms with E-state index in [4.69, 9.17) is 0 Å². The Kier molecular flexibility index (Phi) is 7.78. The van der Waals surface area contributed by atoms with E-state index >= 15 is 0 Å². The molecule has 1 unspecified atom stereocenters. The minimum absolute atomic E-state index is 0.00694. The lowest BCUT2D eigenvalue weighted by Crippen LogP contribution is -2.55. The number of nitrogens with zero attached hydrogens (tertiary/aromatic N) is 3. The Morgan fingerprint density at radius 1 is 1.12 bits per heavy atom. The standard InChI is InChI=1S/C24H31N5O2S/c1-18(24(31)27-20-8-9-20)29-13-11-28(12-14-29)16-22(30)26-21-6-4-5-19(15-21)17-32-23-7-2-3-10-25-23/h2-7,10,15,18,20H,8-9,11-14,16-17H2,1H3,(H,26,30)(H,27,31). The number of pyridine rings is 1. The number of rotatable bonds is 9. The van der Waals surface area contributed by atoms with Crippen molar-refractivity contribution in [1.82, 2.24) is 20.1 Å². The second kappa shape index (κ2) is 10.9. The minimum atomic E-state index is -0.113. The van der Waals surface area contributed by atoms with E-state index in [1.54, 1.807) is 18.0 Å². The number of hydrogen-bond acceptors (Lipinski definition) is 6. The van der Waals surface area contributed by atoms with Crippen molar-refractivity contribution in [1.29, 1.82) is 0 Å². The van der Waals surface area contributed by atoms with Crippen molar-refractivity contribution in [3.8, 4) is 0 Å². The monoisotopic (exact) mass is 453 g/mol. The number of carbonyl (C=O) groups excluding carboxylic acids is 2. The van der Waals surface area contributed by atoms with Crippen LogP contribution in [0.1, 0.15) is 25.3 Å². The predicted molar refractivity (Wildman–Crippen MR) is 128 cm³/mol. The van der Waals surface area contributed by atoms with Gasteiger partial charge in [-0.15, -0.1) is 11.8 Å². The van der Waals surface area contributed by atoms with Crippen molar-refractivity contribution in [3.05, 3.63) is 54.2 Å². The number of piperazine rings is 1. The van der Waals surface area contributed by atoms with Gasteiger partial charge in [0, 0.05) is 49.9 Å². The Morgan fingerprint density at radius 2 is 1.94 bits per heavy atom. The average Bonchev–Trinajstić information content (AvgIpc) is 3.62. The van der Waals surface area contributed by atoms with Crippen LogP contribution < -0.4 is 10.6 Å². The fourth-order valence-electron chi connectivity index (χ4n) is 3.76. The third-order valence-corrected chi connectivity index (χ3v) is 6.88. The first-order chi connectivity index (χ1) is 15.6. The van der Waals surface area contributed by atoms with Crippen LogP contribution in [0.4, 0.5) is 5.69 Å². The van der Waals surface area contributed by atoms with E-state index < -0.39 is 0 Å². The summed E-state index contributed by atoms with van der Waals surface area (Å²) < 4.78 is 0. The van der Waals surface area contributed by atoms with Gasteiger partial charge in [0.25, 0.3) is 0 Å². The van der Waals surface area contributed by atoms with Crippen molar-refractivity contribution >= 4 is 29.3 Å². The molecule has 2 N–H and O–H groups in total. The summed E-state index contributed by atoms with van der Waals surface area (Å²) in [6.07, 6.45) is 4.00. The summed E-state index contributed by atoms with van der Waals surface area (Å²) in [6.45, 7) is 5.51. The van der Waals surface area contributed by atoms with Crippen LogP contribution in [0.25, 0.3) is 0 Å². The normalized spacial score (nSPS) is 18.2. The maximum absolute atomic E-state index is 12.6. The average molecular weight is 454 g/mol. The number of hydrogen-bond donors (Lipinski definition) is 2. The molecule has 2 aliphatic rings. The molecule has 0 bridgehead atoms. The molecule has 1 saturated heterocycles. The van der Waals surface area contributed by atoms with E-state index in [2.05, 4.69) is 31.5 Å². The van der Waals surface area contributed by atoms with E-state index in [-0.39, 0.29) is 17.9 Å². The lowest BCUT2D eigenvalue weighted by Gasteiger charge is -2.37. The molecule has 1 saturated carbocycles. The van der Waals surface area contributed by atoms with Crippen LogP contribution >= 0.6 is 11.8 Å². The first kappa shape index (κ1) is 22.8. The molecule has 1 aliphatic heterocycles. The smallest absolute Gasteiger partial charge is 0.238 e. The number of benzene rings is 1. The van der Waals surface area contributed by atoms with Gasteiger partial charge in [-0.3, -0.25) is 19.4 Å². The Labute approximate surface area is 194 Å². The number of aromatic nitrogens is 1. The molecular formula is C24H31N5O2S. The lowest BCUT2D eigenvalue weighted by molar-refractivity contribution is -0.127. The molecule has 170 valence electrons. The van der Waals surface area contributed by atoms with Gasteiger partial charge in [-0.25, -0.2) is 4.98 Å². The molecule has 2 amide bonds. The number of amides is 2. The van der Waals surface area contributed by atoms with Gasteiger partial charge in [0.1, 0.15) is 0 Å². The van der Waals surface area contributed by atoms with Crippen LogP contribution in [0.3, 0.4) is 0 Å². The number of thioether (sulfide) groups is 1. The van der Waals surface area contributed by atoms with Crippen LogP contribution in [0.2, 0.25) is 0 Å². The van der Waals surface area contributed by atoms with E-state index in [0.717, 1.165) is 61.1 Å². The molecule has 1 atom stereocenters. The predicted octanol–water partition coefficient (Wildman–Crippen LogP) is 2.60. The van der Waals surface area contributed by atoms with Crippen LogP contribution in [0.15, 0.2) is 53.7 Å². The quantitative estimate of drug-likeness (QED) is 0.569. The van der Waals surface area contributed by atoms with Crippen molar-refractivity contribution in [3.63, 3.8) is 0 Å². The zero-order valence-corrected chi connectivity index (χ0v) is 19.3. The number of anilines is 1. The van der Waals surface area contributed by atoms with Crippen LogP contribution in [-0.4, -0.2) is 71.4 Å². The van der Waals surface area contributed by atoms with Gasteiger partial charge in [0.05, 0.1) is 17.6 Å². The van der Waals surface area contributed by atoms with E-state index in [1.165, 1.54) is 0 Å².